The number of hydrogen-bond donors (Lipinski definition) is 0. The zero-order chi connectivity index (χ0) is 7.28. The van der Waals surface area contributed by atoms with Crippen molar-refractivity contribution in [1.82, 2.24) is 0 Å². The van der Waals surface area contributed by atoms with Crippen LogP contribution in [0.1, 0.15) is 40.0 Å². The Kier molecular flexibility index (Phi) is 4.74. The molecule has 1 heteroatoms. The molecule has 56 valence electrons. The molecule has 0 saturated carbocycles. The van der Waals surface area contributed by atoms with Crippen molar-refractivity contribution in [2.24, 2.45) is 5.92 Å². The lowest BCUT2D eigenvalue weighted by molar-refractivity contribution is 0.312. The molecule has 1 unspecified atom stereocenters. The molecule has 0 aromatic rings. The van der Waals surface area contributed by atoms with Gasteiger partial charge in [-0.2, -0.15) is 0 Å². The monoisotopic (exact) mass is 132 g/mol. The standard InChI is InChI=1S/C8H17F/c1-4-7(2)5-6-8(3)9/h7-8H,4-6H2,1-3H3/t7-,8?/m0/s1. The SMILES string of the molecule is CC[C@H](C)CCC(C)F. The topological polar surface area (TPSA) is 0 Å². The van der Waals surface area contributed by atoms with Crippen LogP contribution in [0.4, 0.5) is 4.39 Å². The van der Waals surface area contributed by atoms with Gasteiger partial charge in [0.2, 0.25) is 0 Å². The summed E-state index contributed by atoms with van der Waals surface area (Å²) >= 11 is 0. The fourth-order valence-electron chi connectivity index (χ4n) is 0.718. The van der Waals surface area contributed by atoms with Gasteiger partial charge in [0.05, 0.1) is 6.17 Å². The van der Waals surface area contributed by atoms with E-state index in [9.17, 15) is 4.39 Å². The minimum Gasteiger partial charge on any atom is -0.248 e. The summed E-state index contributed by atoms with van der Waals surface area (Å²) in [7, 11) is 0. The van der Waals surface area contributed by atoms with Crippen LogP contribution in [0.5, 0.6) is 0 Å². The highest BCUT2D eigenvalue weighted by molar-refractivity contribution is 4.53. The van der Waals surface area contributed by atoms with Crippen LogP contribution in [0.2, 0.25) is 0 Å². The van der Waals surface area contributed by atoms with Gasteiger partial charge in [0.1, 0.15) is 0 Å². The van der Waals surface area contributed by atoms with E-state index in [0.717, 1.165) is 12.8 Å². The fourth-order valence-corrected chi connectivity index (χ4v) is 0.718. The quantitative estimate of drug-likeness (QED) is 0.551. The zero-order valence-corrected chi connectivity index (χ0v) is 6.65. The molecule has 0 aromatic carbocycles. The second-order valence-electron chi connectivity index (χ2n) is 2.87. The summed E-state index contributed by atoms with van der Waals surface area (Å²) in [5.74, 6) is 0.697. The Hall–Kier alpha value is -0.0700. The van der Waals surface area contributed by atoms with Gasteiger partial charge in [0, 0.05) is 0 Å². The third-order valence-corrected chi connectivity index (χ3v) is 1.75. The molecule has 9 heavy (non-hydrogen) atoms. The van der Waals surface area contributed by atoms with E-state index in [1.165, 1.54) is 6.42 Å². The molecule has 0 aromatic heterocycles. The fraction of sp³-hybridized carbons (Fsp3) is 1.00. The van der Waals surface area contributed by atoms with E-state index in [-0.39, 0.29) is 0 Å². The highest BCUT2D eigenvalue weighted by Crippen LogP contribution is 2.12. The maximum absolute atomic E-state index is 12.2. The molecule has 0 aliphatic rings. The summed E-state index contributed by atoms with van der Waals surface area (Å²) in [5.41, 5.74) is 0. The summed E-state index contributed by atoms with van der Waals surface area (Å²) in [6, 6.07) is 0. The van der Waals surface area contributed by atoms with E-state index in [1.807, 2.05) is 0 Å². The van der Waals surface area contributed by atoms with Crippen LogP contribution >= 0.6 is 0 Å². The van der Waals surface area contributed by atoms with Gasteiger partial charge in [0.25, 0.3) is 0 Å². The van der Waals surface area contributed by atoms with Crippen LogP contribution in [0, 0.1) is 5.92 Å². The smallest absolute Gasteiger partial charge is 0.0973 e. The first-order chi connectivity index (χ1) is 4.16. The van der Waals surface area contributed by atoms with Crippen molar-refractivity contribution >= 4 is 0 Å². The molecule has 0 spiro atoms. The number of rotatable bonds is 4. The van der Waals surface area contributed by atoms with Crippen molar-refractivity contribution in [3.05, 3.63) is 0 Å². The van der Waals surface area contributed by atoms with Gasteiger partial charge >= 0.3 is 0 Å². The molecule has 0 fully saturated rings. The van der Waals surface area contributed by atoms with E-state index in [0.29, 0.717) is 5.92 Å². The molecule has 0 saturated heterocycles. The molecule has 0 aliphatic carbocycles. The summed E-state index contributed by atoms with van der Waals surface area (Å²) in [6.45, 7) is 5.94. The van der Waals surface area contributed by atoms with Crippen molar-refractivity contribution in [2.45, 2.75) is 46.2 Å². The molecular formula is C8H17F. The van der Waals surface area contributed by atoms with E-state index < -0.39 is 6.17 Å². The van der Waals surface area contributed by atoms with Gasteiger partial charge in [0.15, 0.2) is 0 Å². The van der Waals surface area contributed by atoms with E-state index in [1.54, 1.807) is 6.92 Å². The first-order valence-electron chi connectivity index (χ1n) is 3.80. The molecule has 0 heterocycles. The second kappa shape index (κ2) is 4.78. The molecular weight excluding hydrogens is 115 g/mol. The normalized spacial score (nSPS) is 17.3. The maximum Gasteiger partial charge on any atom is 0.0973 e. The van der Waals surface area contributed by atoms with E-state index in [4.69, 9.17) is 0 Å². The highest BCUT2D eigenvalue weighted by atomic mass is 19.1. The van der Waals surface area contributed by atoms with Crippen molar-refractivity contribution in [3.63, 3.8) is 0 Å². The first kappa shape index (κ1) is 8.93. The zero-order valence-electron chi connectivity index (χ0n) is 6.65. The van der Waals surface area contributed by atoms with Gasteiger partial charge in [-0.3, -0.25) is 0 Å². The summed E-state index contributed by atoms with van der Waals surface area (Å²) < 4.78 is 12.2. The maximum atomic E-state index is 12.2. The molecule has 0 N–H and O–H groups in total. The largest absolute Gasteiger partial charge is 0.248 e. The lowest BCUT2D eigenvalue weighted by Gasteiger charge is -2.07. The van der Waals surface area contributed by atoms with Crippen LogP contribution in [-0.2, 0) is 0 Å². The van der Waals surface area contributed by atoms with Gasteiger partial charge in [-0.05, 0) is 25.7 Å². The molecule has 0 rings (SSSR count). The predicted octanol–water partition coefficient (Wildman–Crippen LogP) is 3.17. The van der Waals surface area contributed by atoms with Gasteiger partial charge in [-0.15, -0.1) is 0 Å². The number of hydrogen-bond acceptors (Lipinski definition) is 0. The Morgan fingerprint density at radius 1 is 1.22 bits per heavy atom. The highest BCUT2D eigenvalue weighted by Gasteiger charge is 2.01. The number of alkyl halides is 1. The van der Waals surface area contributed by atoms with E-state index >= 15 is 0 Å². The Bertz CT molecular complexity index is 59.6. The average molecular weight is 132 g/mol. The Labute approximate surface area is 57.5 Å². The van der Waals surface area contributed by atoms with Crippen molar-refractivity contribution in [1.29, 1.82) is 0 Å². The number of halogens is 1. The Morgan fingerprint density at radius 2 is 1.78 bits per heavy atom. The third-order valence-electron chi connectivity index (χ3n) is 1.75. The lowest BCUT2D eigenvalue weighted by atomic mass is 10.0. The predicted molar refractivity (Wildman–Crippen MR) is 39.3 cm³/mol. The van der Waals surface area contributed by atoms with E-state index in [2.05, 4.69) is 13.8 Å². The van der Waals surface area contributed by atoms with Crippen LogP contribution in [0.15, 0.2) is 0 Å². The van der Waals surface area contributed by atoms with Crippen molar-refractivity contribution in [2.75, 3.05) is 0 Å². The molecule has 0 aliphatic heterocycles. The average Bonchev–Trinajstić information content (AvgIpc) is 1.83. The first-order valence-corrected chi connectivity index (χ1v) is 3.80. The summed E-state index contributed by atoms with van der Waals surface area (Å²) in [4.78, 5) is 0. The molecule has 0 radical (unpaired) electrons. The van der Waals surface area contributed by atoms with Crippen LogP contribution < -0.4 is 0 Å². The van der Waals surface area contributed by atoms with Gasteiger partial charge < -0.3 is 0 Å². The van der Waals surface area contributed by atoms with Gasteiger partial charge in [-0.25, -0.2) is 4.39 Å². The minimum atomic E-state index is -0.612. The van der Waals surface area contributed by atoms with Crippen LogP contribution in [0.25, 0.3) is 0 Å². The van der Waals surface area contributed by atoms with Gasteiger partial charge in [-0.1, -0.05) is 20.3 Å². The molecule has 0 amide bonds. The second-order valence-corrected chi connectivity index (χ2v) is 2.87. The lowest BCUT2D eigenvalue weighted by Crippen LogP contribution is -1.98. The molecule has 0 nitrogen and oxygen atoms in total. The molecule has 2 atom stereocenters. The third kappa shape index (κ3) is 5.81. The summed E-state index contributed by atoms with van der Waals surface area (Å²) in [5, 5.41) is 0. The Morgan fingerprint density at radius 3 is 2.11 bits per heavy atom. The molecule has 0 bridgehead atoms. The summed E-state index contributed by atoms with van der Waals surface area (Å²) in [6.07, 6.45) is 2.33. The van der Waals surface area contributed by atoms with Crippen molar-refractivity contribution in [3.8, 4) is 0 Å². The van der Waals surface area contributed by atoms with Crippen LogP contribution in [-0.4, -0.2) is 6.17 Å². The van der Waals surface area contributed by atoms with Crippen LogP contribution in [0.3, 0.4) is 0 Å². The Balaban J connectivity index is 3.06. The van der Waals surface area contributed by atoms with Crippen molar-refractivity contribution < 1.29 is 4.39 Å². The minimum absolute atomic E-state index is 0.612.